The summed E-state index contributed by atoms with van der Waals surface area (Å²) < 4.78 is 1.14. The summed E-state index contributed by atoms with van der Waals surface area (Å²) in [5.41, 5.74) is 0. The average molecular weight is 490 g/mol. The van der Waals surface area contributed by atoms with E-state index in [1.807, 2.05) is 0 Å². The number of thioether (sulfide) groups is 1. The zero-order valence-corrected chi connectivity index (χ0v) is 17.1. The number of hydrogen-bond donors (Lipinski definition) is 2. The normalized spacial score (nSPS) is 18.7. The van der Waals surface area contributed by atoms with Gasteiger partial charge in [0.2, 0.25) is 0 Å². The maximum absolute atomic E-state index is 4.63. The van der Waals surface area contributed by atoms with Crippen molar-refractivity contribution in [1.82, 2.24) is 10.6 Å². The van der Waals surface area contributed by atoms with E-state index in [1.54, 1.807) is 11.3 Å². The molecule has 7 heteroatoms. The summed E-state index contributed by atoms with van der Waals surface area (Å²) >= 11 is 7.28. The Hall–Kier alpha value is 0.530. The highest BCUT2D eigenvalue weighted by Crippen LogP contribution is 2.25. The predicted octanol–water partition coefficient (Wildman–Crippen LogP) is 4.08. The SMILES string of the molecule is CCNC(=NCc1cc(Br)cs1)NCC1CCCS1.I. The van der Waals surface area contributed by atoms with Crippen LogP contribution in [0.4, 0.5) is 0 Å². The molecule has 0 aromatic carbocycles. The van der Waals surface area contributed by atoms with Gasteiger partial charge >= 0.3 is 0 Å². The van der Waals surface area contributed by atoms with Crippen LogP contribution < -0.4 is 10.6 Å². The molecule has 1 atom stereocenters. The second-order valence-electron chi connectivity index (χ2n) is 4.44. The number of nitrogens with one attached hydrogen (secondary N) is 2. The number of guanidine groups is 1. The molecule has 0 radical (unpaired) electrons. The molecule has 114 valence electrons. The van der Waals surface area contributed by atoms with Crippen LogP contribution in [0.2, 0.25) is 0 Å². The Balaban J connectivity index is 0.00000200. The first kappa shape index (κ1) is 18.6. The van der Waals surface area contributed by atoms with Gasteiger partial charge in [0.25, 0.3) is 0 Å². The lowest BCUT2D eigenvalue weighted by molar-refractivity contribution is 0.727. The smallest absolute Gasteiger partial charge is 0.191 e. The van der Waals surface area contributed by atoms with Gasteiger partial charge in [-0.05, 0) is 47.5 Å². The van der Waals surface area contributed by atoms with E-state index in [1.165, 1.54) is 23.5 Å². The molecule has 0 saturated carbocycles. The third-order valence-electron chi connectivity index (χ3n) is 2.88. The van der Waals surface area contributed by atoms with Crippen molar-refractivity contribution in [1.29, 1.82) is 0 Å². The van der Waals surface area contributed by atoms with Gasteiger partial charge in [-0.3, -0.25) is 0 Å². The first-order valence-corrected chi connectivity index (χ1v) is 9.36. The molecule has 0 bridgehead atoms. The average Bonchev–Trinajstić information content (AvgIpc) is 3.04. The van der Waals surface area contributed by atoms with Crippen LogP contribution in [0.5, 0.6) is 0 Å². The van der Waals surface area contributed by atoms with Crippen LogP contribution >= 0.6 is 63.0 Å². The molecule has 1 fully saturated rings. The molecule has 1 aromatic heterocycles. The van der Waals surface area contributed by atoms with Crippen molar-refractivity contribution in [3.05, 3.63) is 20.8 Å². The molecule has 0 spiro atoms. The number of nitrogens with zero attached hydrogens (tertiary/aromatic N) is 1. The van der Waals surface area contributed by atoms with E-state index in [-0.39, 0.29) is 24.0 Å². The van der Waals surface area contributed by atoms with E-state index in [4.69, 9.17) is 0 Å². The van der Waals surface area contributed by atoms with Crippen LogP contribution in [0.25, 0.3) is 0 Å². The first-order valence-electron chi connectivity index (χ1n) is 6.64. The number of rotatable bonds is 5. The number of aliphatic imine (C=N–C) groups is 1. The van der Waals surface area contributed by atoms with Crippen molar-refractivity contribution >= 4 is 69.0 Å². The van der Waals surface area contributed by atoms with Crippen molar-refractivity contribution < 1.29 is 0 Å². The second kappa shape index (κ2) is 10.3. The van der Waals surface area contributed by atoms with Gasteiger partial charge in [0.05, 0.1) is 6.54 Å². The molecule has 1 aromatic rings. The summed E-state index contributed by atoms with van der Waals surface area (Å²) in [4.78, 5) is 5.91. The highest BCUT2D eigenvalue weighted by atomic mass is 127. The van der Waals surface area contributed by atoms with Gasteiger partial charge in [0.15, 0.2) is 5.96 Å². The van der Waals surface area contributed by atoms with E-state index in [0.717, 1.165) is 35.3 Å². The van der Waals surface area contributed by atoms with Crippen LogP contribution in [0.15, 0.2) is 20.9 Å². The number of thiophene rings is 1. The standard InChI is InChI=1S/C13H20BrN3S2.HI/c1-2-15-13(16-7-11-4-3-5-18-11)17-8-12-6-10(14)9-19-12;/h6,9,11H,2-5,7-8H2,1H3,(H2,15,16,17);1H. The van der Waals surface area contributed by atoms with Crippen molar-refractivity contribution in [3.63, 3.8) is 0 Å². The van der Waals surface area contributed by atoms with E-state index >= 15 is 0 Å². The molecule has 0 aliphatic carbocycles. The zero-order valence-electron chi connectivity index (χ0n) is 11.5. The molecule has 0 amide bonds. The Labute approximate surface area is 154 Å². The fourth-order valence-electron chi connectivity index (χ4n) is 1.95. The topological polar surface area (TPSA) is 36.4 Å². The molecule has 1 aliphatic rings. The van der Waals surface area contributed by atoms with Crippen LogP contribution in [0.1, 0.15) is 24.6 Å². The summed E-state index contributed by atoms with van der Waals surface area (Å²) in [5.74, 6) is 2.24. The first-order chi connectivity index (χ1) is 9.28. The highest BCUT2D eigenvalue weighted by molar-refractivity contribution is 14.0. The summed E-state index contributed by atoms with van der Waals surface area (Å²) in [6.07, 6.45) is 2.68. The Kier molecular flexibility index (Phi) is 9.56. The second-order valence-corrected chi connectivity index (χ2v) is 7.76. The van der Waals surface area contributed by atoms with Crippen molar-refractivity contribution in [2.75, 3.05) is 18.8 Å². The van der Waals surface area contributed by atoms with Crippen molar-refractivity contribution in [3.8, 4) is 0 Å². The molecule has 20 heavy (non-hydrogen) atoms. The monoisotopic (exact) mass is 489 g/mol. The molecular weight excluding hydrogens is 469 g/mol. The lowest BCUT2D eigenvalue weighted by atomic mass is 10.2. The van der Waals surface area contributed by atoms with Crippen molar-refractivity contribution in [2.24, 2.45) is 4.99 Å². The lowest BCUT2D eigenvalue weighted by Gasteiger charge is -2.14. The van der Waals surface area contributed by atoms with Gasteiger partial charge in [0, 0.05) is 33.1 Å². The fourth-order valence-corrected chi connectivity index (χ4v) is 4.53. The Bertz CT molecular complexity index is 420. The van der Waals surface area contributed by atoms with Crippen LogP contribution in [0.3, 0.4) is 0 Å². The third kappa shape index (κ3) is 6.53. The number of hydrogen-bond acceptors (Lipinski definition) is 3. The molecule has 3 nitrogen and oxygen atoms in total. The Morgan fingerprint density at radius 3 is 2.95 bits per heavy atom. The molecule has 1 aliphatic heterocycles. The number of halogens is 2. The Morgan fingerprint density at radius 2 is 2.35 bits per heavy atom. The van der Waals surface area contributed by atoms with Gasteiger partial charge in [0.1, 0.15) is 0 Å². The van der Waals surface area contributed by atoms with E-state index in [9.17, 15) is 0 Å². The van der Waals surface area contributed by atoms with Gasteiger partial charge in [-0.2, -0.15) is 11.8 Å². The minimum absolute atomic E-state index is 0. The minimum atomic E-state index is 0. The molecule has 2 N–H and O–H groups in total. The largest absolute Gasteiger partial charge is 0.357 e. The van der Waals surface area contributed by atoms with Gasteiger partial charge in [-0.15, -0.1) is 35.3 Å². The van der Waals surface area contributed by atoms with Gasteiger partial charge in [-0.1, -0.05) is 0 Å². The molecule has 1 saturated heterocycles. The van der Waals surface area contributed by atoms with Crippen LogP contribution in [-0.2, 0) is 6.54 Å². The van der Waals surface area contributed by atoms with Crippen LogP contribution in [-0.4, -0.2) is 30.1 Å². The minimum Gasteiger partial charge on any atom is -0.357 e. The maximum Gasteiger partial charge on any atom is 0.191 e. The summed E-state index contributed by atoms with van der Waals surface area (Å²) in [6.45, 7) is 4.76. The third-order valence-corrected chi connectivity index (χ3v) is 5.96. The highest BCUT2D eigenvalue weighted by Gasteiger charge is 2.15. The molecule has 2 heterocycles. The molecular formula is C13H21BrIN3S2. The van der Waals surface area contributed by atoms with Crippen molar-refractivity contribution in [2.45, 2.75) is 31.6 Å². The van der Waals surface area contributed by atoms with Crippen LogP contribution in [0, 0.1) is 0 Å². The summed E-state index contributed by atoms with van der Waals surface area (Å²) in [5, 5.41) is 9.60. The summed E-state index contributed by atoms with van der Waals surface area (Å²) in [7, 11) is 0. The fraction of sp³-hybridized carbons (Fsp3) is 0.615. The molecule has 2 rings (SSSR count). The lowest BCUT2D eigenvalue weighted by Crippen LogP contribution is -2.40. The summed E-state index contributed by atoms with van der Waals surface area (Å²) in [6, 6.07) is 2.13. The van der Waals surface area contributed by atoms with E-state index < -0.39 is 0 Å². The Morgan fingerprint density at radius 1 is 1.50 bits per heavy atom. The predicted molar refractivity (Wildman–Crippen MR) is 106 cm³/mol. The van der Waals surface area contributed by atoms with E-state index in [2.05, 4.69) is 61.7 Å². The van der Waals surface area contributed by atoms with Gasteiger partial charge in [-0.25, -0.2) is 4.99 Å². The van der Waals surface area contributed by atoms with E-state index in [0.29, 0.717) is 0 Å². The zero-order chi connectivity index (χ0) is 13.5. The molecule has 1 unspecified atom stereocenters. The quantitative estimate of drug-likeness (QED) is 0.371. The van der Waals surface area contributed by atoms with Gasteiger partial charge < -0.3 is 10.6 Å². The maximum atomic E-state index is 4.63.